The van der Waals surface area contributed by atoms with Crippen molar-refractivity contribution in [2.24, 2.45) is 4.99 Å². The summed E-state index contributed by atoms with van der Waals surface area (Å²) in [6.45, 7) is 7.30. The number of methoxy groups -OCH3 is 2. The number of para-hydroxylation sites is 1. The molecular weight excluding hydrogens is 454 g/mol. The van der Waals surface area contributed by atoms with Crippen molar-refractivity contribution in [3.05, 3.63) is 46.1 Å². The average Bonchev–Trinajstić information content (AvgIpc) is 3.49. The molecule has 34 heavy (non-hydrogen) atoms. The minimum Gasteiger partial charge on any atom is -0.493 e. The van der Waals surface area contributed by atoms with E-state index in [0.717, 1.165) is 24.1 Å². The lowest BCUT2D eigenvalue weighted by atomic mass is 9.92. The van der Waals surface area contributed by atoms with Crippen LogP contribution in [0.25, 0.3) is 0 Å². The highest BCUT2D eigenvalue weighted by molar-refractivity contribution is 8.16. The van der Waals surface area contributed by atoms with E-state index in [1.807, 2.05) is 56.2 Å². The number of fused-ring (bicyclic) bond motifs is 1. The molecule has 4 rings (SSSR count). The summed E-state index contributed by atoms with van der Waals surface area (Å²) in [5.74, 6) is 0.566. The molecule has 1 aromatic rings. The van der Waals surface area contributed by atoms with E-state index in [4.69, 9.17) is 19.2 Å². The van der Waals surface area contributed by atoms with Gasteiger partial charge in [-0.25, -0.2) is 9.79 Å². The number of carbonyl (C=O) groups is 2. The zero-order valence-corrected chi connectivity index (χ0v) is 21.2. The number of nitrogens with zero attached hydrogens (tertiary/aromatic N) is 2. The van der Waals surface area contributed by atoms with Crippen molar-refractivity contribution in [1.29, 1.82) is 0 Å². The molecule has 1 atom stereocenters. The van der Waals surface area contributed by atoms with Crippen LogP contribution in [-0.2, 0) is 14.3 Å². The third-order valence-corrected chi connectivity index (χ3v) is 6.52. The zero-order valence-electron chi connectivity index (χ0n) is 20.4. The quantitative estimate of drug-likeness (QED) is 0.576. The Balaban J connectivity index is 1.80. The lowest BCUT2D eigenvalue weighted by Crippen LogP contribution is -2.39. The number of benzene rings is 1. The summed E-state index contributed by atoms with van der Waals surface area (Å²) in [6, 6.07) is 5.24. The van der Waals surface area contributed by atoms with Crippen molar-refractivity contribution in [3.8, 4) is 11.5 Å². The normalized spacial score (nSPS) is 19.8. The van der Waals surface area contributed by atoms with E-state index in [1.54, 1.807) is 14.2 Å². The Morgan fingerprint density at radius 2 is 1.94 bits per heavy atom. The number of thioether (sulfide) groups is 1. The van der Waals surface area contributed by atoms with Gasteiger partial charge in [0, 0.05) is 17.3 Å². The Morgan fingerprint density at radius 3 is 2.56 bits per heavy atom. The summed E-state index contributed by atoms with van der Waals surface area (Å²) in [5, 5.41) is 5.67. The maximum absolute atomic E-state index is 13.5. The van der Waals surface area contributed by atoms with E-state index in [2.05, 4.69) is 5.32 Å². The number of esters is 1. The first-order valence-corrected chi connectivity index (χ1v) is 12.2. The third-order valence-electron chi connectivity index (χ3n) is 5.63. The molecule has 9 heteroatoms. The molecule has 182 valence electrons. The number of carbonyl (C=O) groups excluding carboxylic acids is 2. The second-order valence-corrected chi connectivity index (χ2v) is 10.3. The van der Waals surface area contributed by atoms with Gasteiger partial charge in [0.15, 0.2) is 16.7 Å². The van der Waals surface area contributed by atoms with E-state index in [1.165, 1.54) is 11.8 Å². The van der Waals surface area contributed by atoms with Crippen molar-refractivity contribution < 1.29 is 23.8 Å². The lowest BCUT2D eigenvalue weighted by molar-refractivity contribution is -0.150. The standard InChI is InChI=1S/C25H31N3O5S/c1-14-20(23(30)33-25(2,3)4)21(17-8-7-9-18(31-5)22(17)32-6)28-16(13-34-24(28)26-14)12-19(29)27-15-10-11-15/h7-9,13,15,21H,10-12H2,1-6H3,(H,27,29). The number of amides is 1. The fourth-order valence-corrected chi connectivity index (χ4v) is 5.02. The minimum atomic E-state index is -0.681. The molecule has 1 saturated carbocycles. The van der Waals surface area contributed by atoms with Gasteiger partial charge in [-0.2, -0.15) is 0 Å². The molecule has 1 amide bonds. The average molecular weight is 486 g/mol. The number of nitrogens with one attached hydrogen (secondary N) is 1. The molecule has 0 spiro atoms. The summed E-state index contributed by atoms with van der Waals surface area (Å²) < 4.78 is 17.1. The van der Waals surface area contributed by atoms with Crippen LogP contribution < -0.4 is 14.8 Å². The summed E-state index contributed by atoms with van der Waals surface area (Å²) >= 11 is 1.44. The number of hydrogen-bond acceptors (Lipinski definition) is 8. The lowest BCUT2D eigenvalue weighted by Gasteiger charge is -2.37. The summed E-state index contributed by atoms with van der Waals surface area (Å²) in [4.78, 5) is 32.8. The van der Waals surface area contributed by atoms with Crippen molar-refractivity contribution in [2.45, 2.75) is 64.6 Å². The van der Waals surface area contributed by atoms with E-state index in [0.29, 0.717) is 27.9 Å². The molecule has 8 nitrogen and oxygen atoms in total. The van der Waals surface area contributed by atoms with E-state index >= 15 is 0 Å². The molecule has 2 heterocycles. The Morgan fingerprint density at radius 1 is 1.21 bits per heavy atom. The number of amidine groups is 1. The topological polar surface area (TPSA) is 89.5 Å². The molecule has 1 aliphatic carbocycles. The van der Waals surface area contributed by atoms with Crippen LogP contribution in [0.4, 0.5) is 0 Å². The van der Waals surface area contributed by atoms with Crippen LogP contribution in [-0.4, -0.2) is 47.8 Å². The van der Waals surface area contributed by atoms with Crippen LogP contribution in [0.3, 0.4) is 0 Å². The monoisotopic (exact) mass is 485 g/mol. The zero-order chi connectivity index (χ0) is 24.6. The number of aliphatic imine (C=N–C) groups is 1. The van der Waals surface area contributed by atoms with Crippen molar-refractivity contribution in [2.75, 3.05) is 14.2 Å². The molecule has 0 aromatic heterocycles. The molecule has 1 N–H and O–H groups in total. The Hall–Kier alpha value is -2.94. The van der Waals surface area contributed by atoms with Crippen LogP contribution in [0.2, 0.25) is 0 Å². The number of rotatable bonds is 7. The van der Waals surface area contributed by atoms with Crippen molar-refractivity contribution in [3.63, 3.8) is 0 Å². The first kappa shape index (κ1) is 24.2. The van der Waals surface area contributed by atoms with Gasteiger partial charge >= 0.3 is 5.97 Å². The van der Waals surface area contributed by atoms with Gasteiger partial charge in [-0.05, 0) is 52.0 Å². The number of ether oxygens (including phenoxy) is 3. The van der Waals surface area contributed by atoms with Gasteiger partial charge < -0.3 is 24.4 Å². The van der Waals surface area contributed by atoms with Gasteiger partial charge in [-0.15, -0.1) is 0 Å². The first-order valence-electron chi connectivity index (χ1n) is 11.3. The van der Waals surface area contributed by atoms with Crippen LogP contribution in [0, 0.1) is 0 Å². The largest absolute Gasteiger partial charge is 0.493 e. The summed E-state index contributed by atoms with van der Waals surface area (Å²) in [5.41, 5.74) is 1.79. The highest BCUT2D eigenvalue weighted by Gasteiger charge is 2.43. The van der Waals surface area contributed by atoms with Crippen LogP contribution >= 0.6 is 11.8 Å². The first-order chi connectivity index (χ1) is 16.1. The Labute approximate surface area is 204 Å². The smallest absolute Gasteiger partial charge is 0.338 e. The van der Waals surface area contributed by atoms with Gasteiger partial charge in [-0.3, -0.25) is 4.79 Å². The highest BCUT2D eigenvalue weighted by atomic mass is 32.2. The molecule has 1 unspecified atom stereocenters. The van der Waals surface area contributed by atoms with Crippen LogP contribution in [0.1, 0.15) is 58.6 Å². The molecule has 0 saturated heterocycles. The van der Waals surface area contributed by atoms with Gasteiger partial charge in [0.05, 0.1) is 38.0 Å². The Bertz CT molecular complexity index is 1100. The van der Waals surface area contributed by atoms with Crippen LogP contribution in [0.5, 0.6) is 11.5 Å². The fourth-order valence-electron chi connectivity index (χ4n) is 4.06. The highest BCUT2D eigenvalue weighted by Crippen LogP contribution is 2.49. The fraction of sp³-hybridized carbons (Fsp3) is 0.480. The predicted octanol–water partition coefficient (Wildman–Crippen LogP) is 4.29. The molecule has 0 bridgehead atoms. The number of allylic oxidation sites excluding steroid dienone is 1. The maximum Gasteiger partial charge on any atom is 0.338 e. The number of hydrogen-bond donors (Lipinski definition) is 1. The molecule has 3 aliphatic rings. The minimum absolute atomic E-state index is 0.0444. The van der Waals surface area contributed by atoms with E-state index in [-0.39, 0.29) is 18.4 Å². The second kappa shape index (κ2) is 9.37. The SMILES string of the molecule is COc1cccc(C2C(C(=O)OC(C)(C)C)=C(C)N=C3SC=C(CC(=O)NC4CC4)N32)c1OC. The second-order valence-electron chi connectivity index (χ2n) is 9.50. The van der Waals surface area contributed by atoms with Crippen molar-refractivity contribution in [1.82, 2.24) is 10.2 Å². The van der Waals surface area contributed by atoms with Crippen LogP contribution in [0.15, 0.2) is 45.6 Å². The molecule has 1 aromatic carbocycles. The van der Waals surface area contributed by atoms with Crippen molar-refractivity contribution >= 4 is 28.8 Å². The van der Waals surface area contributed by atoms with Gasteiger partial charge in [0.1, 0.15) is 5.60 Å². The Kier molecular flexibility index (Phi) is 6.66. The van der Waals surface area contributed by atoms with Gasteiger partial charge in [0.25, 0.3) is 0 Å². The predicted molar refractivity (Wildman–Crippen MR) is 132 cm³/mol. The molecule has 2 aliphatic heterocycles. The maximum atomic E-state index is 13.5. The third kappa shape index (κ3) is 4.94. The van der Waals surface area contributed by atoms with Gasteiger partial charge in [0.2, 0.25) is 5.91 Å². The van der Waals surface area contributed by atoms with E-state index < -0.39 is 17.6 Å². The molecule has 0 radical (unpaired) electrons. The van der Waals surface area contributed by atoms with Gasteiger partial charge in [-0.1, -0.05) is 23.9 Å². The van der Waals surface area contributed by atoms with E-state index in [9.17, 15) is 9.59 Å². The summed E-state index contributed by atoms with van der Waals surface area (Å²) in [6.07, 6.45) is 2.22. The summed E-state index contributed by atoms with van der Waals surface area (Å²) in [7, 11) is 3.14. The molecule has 1 fully saturated rings. The molecular formula is C25H31N3O5S.